The molecule has 0 aromatic rings. The Morgan fingerprint density at radius 2 is 1.83 bits per heavy atom. The molecule has 1 aliphatic rings. The highest BCUT2D eigenvalue weighted by molar-refractivity contribution is 4.87. The van der Waals surface area contributed by atoms with Crippen molar-refractivity contribution < 1.29 is 10.2 Å². The van der Waals surface area contributed by atoms with Crippen molar-refractivity contribution in [1.29, 1.82) is 0 Å². The van der Waals surface area contributed by atoms with E-state index >= 15 is 0 Å². The van der Waals surface area contributed by atoms with Gasteiger partial charge in [0.25, 0.3) is 0 Å². The molecule has 1 fully saturated rings. The van der Waals surface area contributed by atoms with E-state index < -0.39 is 5.60 Å². The first-order valence-electron chi connectivity index (χ1n) is 4.81. The van der Waals surface area contributed by atoms with Gasteiger partial charge >= 0.3 is 0 Å². The van der Waals surface area contributed by atoms with Crippen LogP contribution in [0.3, 0.4) is 0 Å². The van der Waals surface area contributed by atoms with Crippen LogP contribution in [0.25, 0.3) is 0 Å². The molecule has 1 saturated carbocycles. The Hall–Kier alpha value is -0.0800. The van der Waals surface area contributed by atoms with Crippen molar-refractivity contribution in [3.63, 3.8) is 0 Å². The van der Waals surface area contributed by atoms with E-state index in [9.17, 15) is 10.2 Å². The van der Waals surface area contributed by atoms with Gasteiger partial charge in [-0.05, 0) is 32.6 Å². The highest BCUT2D eigenvalue weighted by Crippen LogP contribution is 2.35. The van der Waals surface area contributed by atoms with Gasteiger partial charge in [-0.1, -0.05) is 13.3 Å². The van der Waals surface area contributed by atoms with Crippen LogP contribution in [0, 0.1) is 11.8 Å². The second kappa shape index (κ2) is 3.35. The molecule has 0 spiro atoms. The van der Waals surface area contributed by atoms with Crippen LogP contribution in [0.2, 0.25) is 0 Å². The quantitative estimate of drug-likeness (QED) is 0.630. The van der Waals surface area contributed by atoms with E-state index in [1.54, 1.807) is 13.8 Å². The second-order valence-electron chi connectivity index (χ2n) is 4.75. The van der Waals surface area contributed by atoms with Crippen LogP contribution in [0.4, 0.5) is 0 Å². The lowest BCUT2D eigenvalue weighted by molar-refractivity contribution is -0.0730. The van der Waals surface area contributed by atoms with Crippen molar-refractivity contribution in [2.24, 2.45) is 11.8 Å². The average molecular weight is 172 g/mol. The first-order valence-corrected chi connectivity index (χ1v) is 4.81. The molecule has 0 aliphatic heterocycles. The molecule has 0 aromatic heterocycles. The second-order valence-corrected chi connectivity index (χ2v) is 4.75. The van der Waals surface area contributed by atoms with Gasteiger partial charge < -0.3 is 10.2 Å². The number of aliphatic hydroxyl groups is 2. The average Bonchev–Trinajstić information content (AvgIpc) is 1.83. The smallest absolute Gasteiger partial charge is 0.0644 e. The van der Waals surface area contributed by atoms with Crippen LogP contribution in [-0.4, -0.2) is 21.9 Å². The van der Waals surface area contributed by atoms with Gasteiger partial charge in [0.1, 0.15) is 0 Å². The monoisotopic (exact) mass is 172 g/mol. The van der Waals surface area contributed by atoms with E-state index in [0.717, 1.165) is 19.3 Å². The molecule has 3 atom stereocenters. The Morgan fingerprint density at radius 3 is 2.25 bits per heavy atom. The predicted molar refractivity (Wildman–Crippen MR) is 48.8 cm³/mol. The minimum atomic E-state index is -0.723. The van der Waals surface area contributed by atoms with Gasteiger partial charge in [0, 0.05) is 5.92 Å². The molecule has 2 nitrogen and oxygen atoms in total. The molecule has 2 N–H and O–H groups in total. The first-order chi connectivity index (χ1) is 5.41. The maximum atomic E-state index is 9.74. The maximum Gasteiger partial charge on any atom is 0.0644 e. The van der Waals surface area contributed by atoms with E-state index in [2.05, 4.69) is 6.92 Å². The summed E-state index contributed by atoms with van der Waals surface area (Å²) in [4.78, 5) is 0. The van der Waals surface area contributed by atoms with Crippen LogP contribution >= 0.6 is 0 Å². The van der Waals surface area contributed by atoms with E-state index in [4.69, 9.17) is 0 Å². The number of aliphatic hydroxyl groups excluding tert-OH is 1. The Morgan fingerprint density at radius 1 is 1.25 bits per heavy atom. The molecular formula is C10H20O2. The molecule has 72 valence electrons. The molecule has 1 rings (SSSR count). The van der Waals surface area contributed by atoms with Crippen molar-refractivity contribution in [2.45, 2.75) is 51.7 Å². The van der Waals surface area contributed by atoms with Gasteiger partial charge in [0.05, 0.1) is 11.7 Å². The van der Waals surface area contributed by atoms with Crippen LogP contribution < -0.4 is 0 Å². The number of rotatable bonds is 1. The SMILES string of the molecule is CC1CCC(C(C)(C)O)[C@@H](O)C1. The van der Waals surface area contributed by atoms with E-state index in [0.29, 0.717) is 5.92 Å². The molecule has 0 heterocycles. The van der Waals surface area contributed by atoms with E-state index in [1.165, 1.54) is 0 Å². The third kappa shape index (κ3) is 2.20. The first kappa shape index (κ1) is 10.0. The topological polar surface area (TPSA) is 40.5 Å². The predicted octanol–water partition coefficient (Wildman–Crippen LogP) is 1.55. The van der Waals surface area contributed by atoms with Crippen LogP contribution in [-0.2, 0) is 0 Å². The lowest BCUT2D eigenvalue weighted by Crippen LogP contribution is -2.42. The summed E-state index contributed by atoms with van der Waals surface area (Å²) in [6.45, 7) is 5.73. The minimum absolute atomic E-state index is 0.0636. The van der Waals surface area contributed by atoms with Gasteiger partial charge in [-0.25, -0.2) is 0 Å². The third-order valence-electron chi connectivity index (χ3n) is 2.99. The highest BCUT2D eigenvalue weighted by Gasteiger charge is 2.36. The normalized spacial score (nSPS) is 38.2. The summed E-state index contributed by atoms with van der Waals surface area (Å²) in [5.74, 6) is 0.673. The molecule has 12 heavy (non-hydrogen) atoms. The lowest BCUT2D eigenvalue weighted by atomic mass is 9.73. The molecule has 0 amide bonds. The fourth-order valence-electron chi connectivity index (χ4n) is 2.17. The van der Waals surface area contributed by atoms with Gasteiger partial charge in [-0.2, -0.15) is 0 Å². The number of hydrogen-bond donors (Lipinski definition) is 2. The third-order valence-corrected chi connectivity index (χ3v) is 2.99. The van der Waals surface area contributed by atoms with Crippen molar-refractivity contribution in [2.75, 3.05) is 0 Å². The van der Waals surface area contributed by atoms with Gasteiger partial charge in [-0.3, -0.25) is 0 Å². The summed E-state index contributed by atoms with van der Waals surface area (Å²) in [7, 11) is 0. The molecule has 1 aliphatic carbocycles. The molecule has 0 aromatic carbocycles. The lowest BCUT2D eigenvalue weighted by Gasteiger charge is -2.38. The van der Waals surface area contributed by atoms with Crippen molar-refractivity contribution in [1.82, 2.24) is 0 Å². The zero-order valence-electron chi connectivity index (χ0n) is 8.25. The summed E-state index contributed by atoms with van der Waals surface area (Å²) >= 11 is 0. The Kier molecular flexibility index (Phi) is 2.79. The largest absolute Gasteiger partial charge is 0.393 e. The van der Waals surface area contributed by atoms with Crippen molar-refractivity contribution in [3.05, 3.63) is 0 Å². The standard InChI is InChI=1S/C10H20O2/c1-7-4-5-8(9(11)6-7)10(2,3)12/h7-9,11-12H,4-6H2,1-3H3/t7?,8?,9-/m0/s1. The minimum Gasteiger partial charge on any atom is -0.393 e. The Labute approximate surface area is 74.6 Å². The molecule has 0 saturated heterocycles. The van der Waals surface area contributed by atoms with Gasteiger partial charge in [-0.15, -0.1) is 0 Å². The summed E-state index contributed by atoms with van der Waals surface area (Å²) in [6.07, 6.45) is 2.61. The van der Waals surface area contributed by atoms with Crippen molar-refractivity contribution in [3.8, 4) is 0 Å². The van der Waals surface area contributed by atoms with Crippen molar-refractivity contribution >= 4 is 0 Å². The van der Waals surface area contributed by atoms with E-state index in [1.807, 2.05) is 0 Å². The fourth-order valence-corrected chi connectivity index (χ4v) is 2.17. The van der Waals surface area contributed by atoms with Gasteiger partial charge in [0.15, 0.2) is 0 Å². The van der Waals surface area contributed by atoms with Crippen LogP contribution in [0.5, 0.6) is 0 Å². The summed E-state index contributed by atoms with van der Waals surface area (Å²) in [6, 6.07) is 0. The zero-order chi connectivity index (χ0) is 9.35. The highest BCUT2D eigenvalue weighted by atomic mass is 16.3. The number of hydrogen-bond acceptors (Lipinski definition) is 2. The summed E-state index contributed by atoms with van der Waals surface area (Å²) in [5.41, 5.74) is -0.723. The van der Waals surface area contributed by atoms with Crippen LogP contribution in [0.1, 0.15) is 40.0 Å². The van der Waals surface area contributed by atoms with E-state index in [-0.39, 0.29) is 12.0 Å². The molecule has 0 radical (unpaired) electrons. The fraction of sp³-hybridized carbons (Fsp3) is 1.00. The Balaban J connectivity index is 2.57. The summed E-state index contributed by atoms with van der Waals surface area (Å²) < 4.78 is 0. The maximum absolute atomic E-state index is 9.74. The summed E-state index contributed by atoms with van der Waals surface area (Å²) in [5, 5.41) is 19.5. The molecule has 0 bridgehead atoms. The Bertz CT molecular complexity index is 148. The molecular weight excluding hydrogens is 152 g/mol. The zero-order valence-corrected chi connectivity index (χ0v) is 8.25. The van der Waals surface area contributed by atoms with Crippen LogP contribution in [0.15, 0.2) is 0 Å². The van der Waals surface area contributed by atoms with Gasteiger partial charge in [0.2, 0.25) is 0 Å². The molecule has 2 heteroatoms. The molecule has 2 unspecified atom stereocenters.